The quantitative estimate of drug-likeness (QED) is 0.468. The van der Waals surface area contributed by atoms with E-state index in [0.717, 1.165) is 31.5 Å². The Bertz CT molecular complexity index is 979. The van der Waals surface area contributed by atoms with Crippen LogP contribution >= 0.6 is 0 Å². The van der Waals surface area contributed by atoms with E-state index >= 15 is 0 Å². The predicted molar refractivity (Wildman–Crippen MR) is 110 cm³/mol. The molecule has 144 valence electrons. The van der Waals surface area contributed by atoms with E-state index in [9.17, 15) is 10.1 Å². The average Bonchev–Trinajstić information content (AvgIpc) is 3.10. The number of hydrogen-bond acceptors (Lipinski definition) is 3. The number of hydrogen-bond donors (Lipinski definition) is 0. The van der Waals surface area contributed by atoms with Crippen LogP contribution in [0, 0.1) is 10.1 Å². The van der Waals surface area contributed by atoms with Gasteiger partial charge in [-0.05, 0) is 36.1 Å². The highest BCUT2D eigenvalue weighted by atomic mass is 16.6. The Morgan fingerprint density at radius 2 is 1.75 bits per heavy atom. The zero-order valence-electron chi connectivity index (χ0n) is 16.1. The zero-order valence-corrected chi connectivity index (χ0v) is 16.1. The molecule has 0 amide bonds. The van der Waals surface area contributed by atoms with Gasteiger partial charge in [-0.1, -0.05) is 49.4 Å². The molecule has 0 N–H and O–H groups in total. The smallest absolute Gasteiger partial charge is 0.273 e. The molecule has 1 unspecified atom stereocenters. The van der Waals surface area contributed by atoms with E-state index in [0.29, 0.717) is 6.54 Å². The van der Waals surface area contributed by atoms with Gasteiger partial charge in [0.15, 0.2) is 0 Å². The van der Waals surface area contributed by atoms with Crippen molar-refractivity contribution in [3.05, 3.63) is 99.4 Å². The van der Waals surface area contributed by atoms with Crippen molar-refractivity contribution in [2.45, 2.75) is 38.9 Å². The molecule has 0 aliphatic carbocycles. The van der Waals surface area contributed by atoms with Crippen LogP contribution in [0.1, 0.15) is 41.8 Å². The normalized spacial score (nSPS) is 17.1. The number of aromatic nitrogens is 1. The summed E-state index contributed by atoms with van der Waals surface area (Å²) >= 11 is 0. The summed E-state index contributed by atoms with van der Waals surface area (Å²) in [5, 5.41) is 11.5. The molecule has 5 nitrogen and oxygen atoms in total. The molecule has 0 radical (unpaired) electrons. The largest absolute Gasteiger partial charge is 0.350 e. The first-order valence-corrected chi connectivity index (χ1v) is 9.88. The monoisotopic (exact) mass is 375 g/mol. The number of nitro benzene ring substituents is 1. The first-order valence-electron chi connectivity index (χ1n) is 9.88. The third kappa shape index (κ3) is 3.45. The lowest BCUT2D eigenvalue weighted by Crippen LogP contribution is -2.30. The van der Waals surface area contributed by atoms with E-state index in [1.54, 1.807) is 12.1 Å². The van der Waals surface area contributed by atoms with E-state index in [1.165, 1.54) is 16.8 Å². The molecule has 28 heavy (non-hydrogen) atoms. The molecule has 0 spiro atoms. The van der Waals surface area contributed by atoms with Crippen LogP contribution in [0.2, 0.25) is 0 Å². The van der Waals surface area contributed by atoms with Crippen LogP contribution in [0.5, 0.6) is 0 Å². The molecule has 0 bridgehead atoms. The highest BCUT2D eigenvalue weighted by Crippen LogP contribution is 2.36. The van der Waals surface area contributed by atoms with Gasteiger partial charge in [0.2, 0.25) is 0 Å². The molecule has 1 aliphatic rings. The van der Waals surface area contributed by atoms with Crippen LogP contribution in [-0.2, 0) is 19.5 Å². The van der Waals surface area contributed by atoms with Crippen LogP contribution in [0.25, 0.3) is 0 Å². The summed E-state index contributed by atoms with van der Waals surface area (Å²) in [5.41, 5.74) is 4.85. The third-order valence-electron chi connectivity index (χ3n) is 5.65. The molecule has 1 atom stereocenters. The van der Waals surface area contributed by atoms with Crippen molar-refractivity contribution in [2.75, 3.05) is 6.54 Å². The molecule has 3 aromatic rings. The topological polar surface area (TPSA) is 51.3 Å². The second-order valence-electron chi connectivity index (χ2n) is 7.29. The summed E-state index contributed by atoms with van der Waals surface area (Å²) < 4.78 is 2.33. The van der Waals surface area contributed by atoms with Crippen molar-refractivity contribution < 1.29 is 4.92 Å². The Morgan fingerprint density at radius 1 is 1.00 bits per heavy atom. The summed E-state index contributed by atoms with van der Waals surface area (Å²) in [7, 11) is 0. The van der Waals surface area contributed by atoms with Crippen molar-refractivity contribution >= 4 is 5.69 Å². The van der Waals surface area contributed by atoms with Gasteiger partial charge in [-0.15, -0.1) is 0 Å². The van der Waals surface area contributed by atoms with Crippen LogP contribution < -0.4 is 0 Å². The lowest BCUT2D eigenvalue weighted by atomic mass is 9.94. The van der Waals surface area contributed by atoms with Gasteiger partial charge in [-0.3, -0.25) is 15.0 Å². The fourth-order valence-corrected chi connectivity index (χ4v) is 4.33. The van der Waals surface area contributed by atoms with Crippen molar-refractivity contribution in [1.29, 1.82) is 0 Å². The summed E-state index contributed by atoms with van der Waals surface area (Å²) in [6.45, 7) is 4.61. The highest BCUT2D eigenvalue weighted by molar-refractivity contribution is 5.41. The van der Waals surface area contributed by atoms with Crippen LogP contribution in [0.15, 0.2) is 66.9 Å². The number of nitro groups is 1. The minimum absolute atomic E-state index is 0.0912. The fraction of sp³-hybridized carbons (Fsp3) is 0.304. The summed E-state index contributed by atoms with van der Waals surface area (Å²) in [4.78, 5) is 13.6. The first-order chi connectivity index (χ1) is 13.7. The number of benzene rings is 2. The van der Waals surface area contributed by atoms with Gasteiger partial charge in [-0.2, -0.15) is 0 Å². The Labute approximate surface area is 165 Å². The van der Waals surface area contributed by atoms with Crippen molar-refractivity contribution in [3.8, 4) is 0 Å². The predicted octanol–water partition coefficient (Wildman–Crippen LogP) is 4.95. The van der Waals surface area contributed by atoms with Crippen LogP contribution in [0.3, 0.4) is 0 Å². The Hall–Kier alpha value is -2.92. The van der Waals surface area contributed by atoms with E-state index in [-0.39, 0.29) is 16.7 Å². The van der Waals surface area contributed by atoms with Crippen molar-refractivity contribution in [3.63, 3.8) is 0 Å². The van der Waals surface area contributed by atoms with Gasteiger partial charge >= 0.3 is 0 Å². The van der Waals surface area contributed by atoms with Gasteiger partial charge in [0.25, 0.3) is 5.69 Å². The maximum atomic E-state index is 11.5. The van der Waals surface area contributed by atoms with E-state index < -0.39 is 0 Å². The number of para-hydroxylation sites is 1. The number of aryl methyl sites for hydroxylation is 2. The summed E-state index contributed by atoms with van der Waals surface area (Å²) in [6.07, 6.45) is 4.13. The number of nitrogens with zero attached hydrogens (tertiary/aromatic N) is 3. The average molecular weight is 375 g/mol. The lowest BCUT2D eigenvalue weighted by molar-refractivity contribution is -0.385. The second-order valence-corrected chi connectivity index (χ2v) is 7.29. The lowest BCUT2D eigenvalue weighted by Gasteiger charge is -2.32. The van der Waals surface area contributed by atoms with Gasteiger partial charge < -0.3 is 4.57 Å². The van der Waals surface area contributed by atoms with E-state index in [2.05, 4.69) is 59.0 Å². The maximum Gasteiger partial charge on any atom is 0.273 e. The number of rotatable bonds is 5. The highest BCUT2D eigenvalue weighted by Gasteiger charge is 2.30. The Morgan fingerprint density at radius 3 is 2.54 bits per heavy atom. The molecule has 5 heteroatoms. The minimum atomic E-state index is -0.273. The fourth-order valence-electron chi connectivity index (χ4n) is 4.33. The molecular weight excluding hydrogens is 350 g/mol. The first kappa shape index (κ1) is 18.4. The molecule has 1 aliphatic heterocycles. The van der Waals surface area contributed by atoms with Crippen LogP contribution in [-0.4, -0.2) is 20.9 Å². The van der Waals surface area contributed by atoms with Crippen LogP contribution in [0.4, 0.5) is 5.69 Å². The summed E-state index contributed by atoms with van der Waals surface area (Å²) in [6, 6.07) is 20.1. The van der Waals surface area contributed by atoms with Gasteiger partial charge in [0.1, 0.15) is 0 Å². The van der Waals surface area contributed by atoms with E-state index in [1.807, 2.05) is 12.1 Å². The molecule has 4 rings (SSSR count). The Kier molecular flexibility index (Phi) is 5.26. The molecule has 0 saturated carbocycles. The Balaban J connectivity index is 1.80. The second kappa shape index (κ2) is 7.98. The minimum Gasteiger partial charge on any atom is -0.350 e. The molecule has 0 saturated heterocycles. The maximum absolute atomic E-state index is 11.5. The molecule has 1 aromatic heterocycles. The number of fused-ring (bicyclic) bond motifs is 1. The van der Waals surface area contributed by atoms with Crippen molar-refractivity contribution in [2.24, 2.45) is 0 Å². The van der Waals surface area contributed by atoms with Gasteiger partial charge in [-0.25, -0.2) is 0 Å². The molecule has 2 heterocycles. The SMILES string of the molecule is CCc1ccccc1C1c2cccn2CCCN1Cc1ccccc1[N+](=O)[O-]. The summed E-state index contributed by atoms with van der Waals surface area (Å²) in [5.74, 6) is 0. The van der Waals surface area contributed by atoms with Crippen molar-refractivity contribution in [1.82, 2.24) is 9.47 Å². The molecule has 0 fully saturated rings. The molecule has 2 aromatic carbocycles. The van der Waals surface area contributed by atoms with Gasteiger partial charge in [0.05, 0.1) is 11.0 Å². The zero-order chi connectivity index (χ0) is 19.5. The standard InChI is InChI=1S/C23H25N3O2/c1-2-18-9-3-5-11-20(18)23-22-13-7-14-24(22)15-8-16-25(23)17-19-10-4-6-12-21(19)26(27)28/h3-7,9-14,23H,2,8,15-17H2,1H3. The molecular formula is C23H25N3O2. The van der Waals surface area contributed by atoms with E-state index in [4.69, 9.17) is 0 Å². The third-order valence-corrected chi connectivity index (χ3v) is 5.65. The van der Waals surface area contributed by atoms with Gasteiger partial charge in [0, 0.05) is 43.2 Å².